The molecule has 0 fully saturated rings. The molecule has 5 heteroatoms. The average molecular weight is 331 g/mol. The number of benzene rings is 2. The number of carbonyl (C=O) groups is 1. The van der Waals surface area contributed by atoms with Gasteiger partial charge in [-0.1, -0.05) is 12.1 Å². The zero-order valence-electron chi connectivity index (χ0n) is 14.1. The molecule has 4 nitrogen and oxygen atoms in total. The fraction of sp³-hybridized carbons (Fsp3) is 0.316. The Hall–Kier alpha value is -2.56. The summed E-state index contributed by atoms with van der Waals surface area (Å²) < 4.78 is 23.9. The van der Waals surface area contributed by atoms with Crippen LogP contribution in [0, 0.1) is 5.82 Å². The zero-order chi connectivity index (χ0) is 17.5. The SMILES string of the molecule is CC(C)Oc1ccc(CNC(=O)C(C)Oc2ccc(F)cc2)cc1. The smallest absolute Gasteiger partial charge is 0.261 e. The van der Waals surface area contributed by atoms with Crippen LogP contribution in [-0.4, -0.2) is 18.1 Å². The molecule has 0 saturated heterocycles. The number of carbonyl (C=O) groups excluding carboxylic acids is 1. The predicted octanol–water partition coefficient (Wildman–Crippen LogP) is 3.70. The Bertz CT molecular complexity index is 653. The van der Waals surface area contributed by atoms with Crippen molar-refractivity contribution in [2.45, 2.75) is 39.5 Å². The molecule has 0 spiro atoms. The van der Waals surface area contributed by atoms with Crippen molar-refractivity contribution in [3.63, 3.8) is 0 Å². The number of hydrogen-bond acceptors (Lipinski definition) is 3. The van der Waals surface area contributed by atoms with Crippen molar-refractivity contribution in [2.24, 2.45) is 0 Å². The van der Waals surface area contributed by atoms with Crippen LogP contribution in [0.1, 0.15) is 26.3 Å². The van der Waals surface area contributed by atoms with Gasteiger partial charge in [0.05, 0.1) is 6.10 Å². The molecule has 24 heavy (non-hydrogen) atoms. The Morgan fingerprint density at radius 1 is 0.958 bits per heavy atom. The van der Waals surface area contributed by atoms with Crippen molar-refractivity contribution in [1.82, 2.24) is 5.32 Å². The highest BCUT2D eigenvalue weighted by Crippen LogP contribution is 2.15. The van der Waals surface area contributed by atoms with Gasteiger partial charge < -0.3 is 14.8 Å². The van der Waals surface area contributed by atoms with E-state index in [1.165, 1.54) is 24.3 Å². The maximum atomic E-state index is 12.8. The Labute approximate surface area is 141 Å². The summed E-state index contributed by atoms with van der Waals surface area (Å²) >= 11 is 0. The van der Waals surface area contributed by atoms with E-state index in [1.807, 2.05) is 38.1 Å². The molecule has 1 amide bonds. The Kier molecular flexibility index (Phi) is 6.18. The maximum Gasteiger partial charge on any atom is 0.261 e. The van der Waals surface area contributed by atoms with E-state index in [2.05, 4.69) is 5.32 Å². The lowest BCUT2D eigenvalue weighted by Crippen LogP contribution is -2.35. The lowest BCUT2D eigenvalue weighted by molar-refractivity contribution is -0.127. The van der Waals surface area contributed by atoms with Gasteiger partial charge in [0.2, 0.25) is 0 Å². The third-order valence-electron chi connectivity index (χ3n) is 3.26. The number of nitrogens with one attached hydrogen (secondary N) is 1. The van der Waals surface area contributed by atoms with Crippen LogP contribution >= 0.6 is 0 Å². The van der Waals surface area contributed by atoms with E-state index < -0.39 is 6.10 Å². The fourth-order valence-electron chi connectivity index (χ4n) is 2.06. The van der Waals surface area contributed by atoms with E-state index in [1.54, 1.807) is 6.92 Å². The molecule has 0 radical (unpaired) electrons. The van der Waals surface area contributed by atoms with Crippen molar-refractivity contribution in [3.8, 4) is 11.5 Å². The van der Waals surface area contributed by atoms with Gasteiger partial charge in [-0.15, -0.1) is 0 Å². The third-order valence-corrected chi connectivity index (χ3v) is 3.26. The second-order valence-corrected chi connectivity index (χ2v) is 5.74. The molecule has 0 bridgehead atoms. The molecule has 2 aromatic carbocycles. The first kappa shape index (κ1) is 17.8. The third kappa shape index (κ3) is 5.57. The molecule has 0 aliphatic carbocycles. The average Bonchev–Trinajstić information content (AvgIpc) is 2.55. The minimum Gasteiger partial charge on any atom is -0.491 e. The van der Waals surface area contributed by atoms with Gasteiger partial charge in [-0.2, -0.15) is 0 Å². The second-order valence-electron chi connectivity index (χ2n) is 5.74. The van der Waals surface area contributed by atoms with Crippen LogP contribution in [0.4, 0.5) is 4.39 Å². The van der Waals surface area contributed by atoms with Crippen molar-refractivity contribution in [2.75, 3.05) is 0 Å². The summed E-state index contributed by atoms with van der Waals surface area (Å²) in [5, 5.41) is 2.81. The molecule has 0 aliphatic heterocycles. The van der Waals surface area contributed by atoms with E-state index in [0.29, 0.717) is 12.3 Å². The molecule has 128 valence electrons. The van der Waals surface area contributed by atoms with Gasteiger partial charge >= 0.3 is 0 Å². The maximum absolute atomic E-state index is 12.8. The number of amides is 1. The number of hydrogen-bond donors (Lipinski definition) is 1. The molecule has 2 aromatic rings. The first-order chi connectivity index (χ1) is 11.4. The zero-order valence-corrected chi connectivity index (χ0v) is 14.1. The van der Waals surface area contributed by atoms with Crippen LogP contribution in [-0.2, 0) is 11.3 Å². The minimum atomic E-state index is -0.668. The van der Waals surface area contributed by atoms with Crippen LogP contribution in [0.2, 0.25) is 0 Å². The quantitative estimate of drug-likeness (QED) is 0.841. The highest BCUT2D eigenvalue weighted by atomic mass is 19.1. The van der Waals surface area contributed by atoms with Gasteiger partial charge in [0.1, 0.15) is 17.3 Å². The summed E-state index contributed by atoms with van der Waals surface area (Å²) in [6, 6.07) is 13.1. The van der Waals surface area contributed by atoms with Gasteiger partial charge in [-0.25, -0.2) is 4.39 Å². The largest absolute Gasteiger partial charge is 0.491 e. The van der Waals surface area contributed by atoms with Crippen molar-refractivity contribution >= 4 is 5.91 Å². The predicted molar refractivity (Wildman–Crippen MR) is 90.5 cm³/mol. The Balaban J connectivity index is 1.82. The summed E-state index contributed by atoms with van der Waals surface area (Å²) in [5.41, 5.74) is 0.966. The van der Waals surface area contributed by atoms with E-state index >= 15 is 0 Å². The molecule has 0 heterocycles. The first-order valence-electron chi connectivity index (χ1n) is 7.89. The summed E-state index contributed by atoms with van der Waals surface area (Å²) in [6.45, 7) is 5.99. The number of halogens is 1. The molecule has 1 unspecified atom stereocenters. The van der Waals surface area contributed by atoms with Crippen LogP contribution < -0.4 is 14.8 Å². The summed E-state index contributed by atoms with van der Waals surface area (Å²) in [7, 11) is 0. The lowest BCUT2D eigenvalue weighted by atomic mass is 10.2. The molecule has 2 rings (SSSR count). The topological polar surface area (TPSA) is 47.6 Å². The van der Waals surface area contributed by atoms with Crippen LogP contribution in [0.25, 0.3) is 0 Å². The van der Waals surface area contributed by atoms with Crippen LogP contribution in [0.5, 0.6) is 11.5 Å². The first-order valence-corrected chi connectivity index (χ1v) is 7.89. The lowest BCUT2D eigenvalue weighted by Gasteiger charge is -2.15. The minimum absolute atomic E-state index is 0.125. The summed E-state index contributed by atoms with van der Waals surface area (Å²) in [5.74, 6) is 0.675. The molecule has 1 atom stereocenters. The van der Waals surface area contributed by atoms with Crippen molar-refractivity contribution in [3.05, 3.63) is 59.9 Å². The van der Waals surface area contributed by atoms with Gasteiger partial charge in [0, 0.05) is 6.54 Å². The fourth-order valence-corrected chi connectivity index (χ4v) is 2.06. The second kappa shape index (κ2) is 8.34. The van der Waals surface area contributed by atoms with E-state index in [0.717, 1.165) is 11.3 Å². The summed E-state index contributed by atoms with van der Waals surface area (Å²) in [6.07, 6.45) is -0.543. The van der Waals surface area contributed by atoms with E-state index in [9.17, 15) is 9.18 Å². The molecule has 0 aromatic heterocycles. The highest BCUT2D eigenvalue weighted by molar-refractivity contribution is 5.80. The van der Waals surface area contributed by atoms with Crippen molar-refractivity contribution < 1.29 is 18.7 Å². The molecule has 0 aliphatic rings. The Morgan fingerprint density at radius 2 is 1.50 bits per heavy atom. The standard InChI is InChI=1S/C19H22FNO3/c1-13(2)23-17-8-4-15(5-9-17)12-21-19(22)14(3)24-18-10-6-16(20)7-11-18/h4-11,13-14H,12H2,1-3H3,(H,21,22). The van der Waals surface area contributed by atoms with Gasteiger partial charge in [0.25, 0.3) is 5.91 Å². The van der Waals surface area contributed by atoms with Crippen LogP contribution in [0.3, 0.4) is 0 Å². The van der Waals surface area contributed by atoms with Gasteiger partial charge in [-0.3, -0.25) is 4.79 Å². The Morgan fingerprint density at radius 3 is 2.08 bits per heavy atom. The molecular formula is C19H22FNO3. The molecule has 1 N–H and O–H groups in total. The normalized spacial score (nSPS) is 11.9. The number of rotatable bonds is 7. The van der Waals surface area contributed by atoms with Crippen LogP contribution in [0.15, 0.2) is 48.5 Å². The van der Waals surface area contributed by atoms with Gasteiger partial charge in [0.15, 0.2) is 6.10 Å². The van der Waals surface area contributed by atoms with E-state index in [4.69, 9.17) is 9.47 Å². The highest BCUT2D eigenvalue weighted by Gasteiger charge is 2.14. The molecule has 0 saturated carbocycles. The van der Waals surface area contributed by atoms with Gasteiger partial charge in [-0.05, 0) is 62.7 Å². The number of ether oxygens (including phenoxy) is 2. The van der Waals surface area contributed by atoms with E-state index in [-0.39, 0.29) is 17.8 Å². The summed E-state index contributed by atoms with van der Waals surface area (Å²) in [4.78, 5) is 12.1. The monoisotopic (exact) mass is 331 g/mol. The van der Waals surface area contributed by atoms with Crippen molar-refractivity contribution in [1.29, 1.82) is 0 Å². The molecular weight excluding hydrogens is 309 g/mol.